The fraction of sp³-hybridized carbons (Fsp3) is 0.471. The van der Waals surface area contributed by atoms with Gasteiger partial charge in [0.05, 0.1) is 7.11 Å². The van der Waals surface area contributed by atoms with Crippen molar-refractivity contribution < 1.29 is 29.0 Å². The van der Waals surface area contributed by atoms with E-state index in [1.54, 1.807) is 24.3 Å². The van der Waals surface area contributed by atoms with Gasteiger partial charge in [-0.05, 0) is 24.3 Å². The van der Waals surface area contributed by atoms with Gasteiger partial charge < -0.3 is 19.9 Å². The van der Waals surface area contributed by atoms with Crippen LogP contribution in [0, 0.1) is 0 Å². The molecular weight excluding hydrogens is 314 g/mol. The Morgan fingerprint density at radius 1 is 1.17 bits per heavy atom. The van der Waals surface area contributed by atoms with Crippen LogP contribution in [-0.4, -0.2) is 48.6 Å². The predicted octanol–water partition coefficient (Wildman–Crippen LogP) is 1.41. The number of hydrogen-bond donors (Lipinski definition) is 2. The molecule has 7 nitrogen and oxygen atoms in total. The standard InChI is InChI=1S/C17H21NO6/c1-23-13-4-2-12(3-5-13)14(19)6-7-15(20)18-17(16(21)22)8-10-24-11-9-17/h2-5H,6-11H2,1H3,(H,18,20)(H,21,22). The maximum atomic E-state index is 12.1. The van der Waals surface area contributed by atoms with Crippen molar-refractivity contribution in [3.05, 3.63) is 29.8 Å². The average Bonchev–Trinajstić information content (AvgIpc) is 2.60. The third-order valence-corrected chi connectivity index (χ3v) is 4.13. The minimum Gasteiger partial charge on any atom is -0.497 e. The van der Waals surface area contributed by atoms with Crippen LogP contribution < -0.4 is 10.1 Å². The number of carboxylic acids is 1. The second-order valence-corrected chi connectivity index (χ2v) is 5.70. The number of ether oxygens (including phenoxy) is 2. The van der Waals surface area contributed by atoms with Gasteiger partial charge in [0.2, 0.25) is 5.91 Å². The number of Topliss-reactive ketones (excluding diaryl/α,β-unsaturated/α-hetero) is 1. The molecule has 1 saturated heterocycles. The van der Waals surface area contributed by atoms with Crippen LogP contribution in [0.15, 0.2) is 24.3 Å². The second-order valence-electron chi connectivity index (χ2n) is 5.70. The van der Waals surface area contributed by atoms with Crippen LogP contribution in [0.4, 0.5) is 0 Å². The number of ketones is 1. The van der Waals surface area contributed by atoms with E-state index in [2.05, 4.69) is 5.32 Å². The van der Waals surface area contributed by atoms with Crippen molar-refractivity contribution in [1.82, 2.24) is 5.32 Å². The fourth-order valence-corrected chi connectivity index (χ4v) is 2.59. The maximum Gasteiger partial charge on any atom is 0.329 e. The molecule has 0 aliphatic carbocycles. The van der Waals surface area contributed by atoms with E-state index in [4.69, 9.17) is 9.47 Å². The molecule has 1 aromatic rings. The van der Waals surface area contributed by atoms with Gasteiger partial charge >= 0.3 is 5.97 Å². The number of aliphatic carboxylic acids is 1. The molecule has 1 aromatic carbocycles. The van der Waals surface area contributed by atoms with Crippen LogP contribution in [0.2, 0.25) is 0 Å². The number of nitrogens with one attached hydrogen (secondary N) is 1. The molecule has 1 aliphatic heterocycles. The Labute approximate surface area is 139 Å². The first kappa shape index (κ1) is 17.9. The molecular formula is C17H21NO6. The Morgan fingerprint density at radius 3 is 2.33 bits per heavy atom. The quantitative estimate of drug-likeness (QED) is 0.731. The maximum absolute atomic E-state index is 12.1. The minimum atomic E-state index is -1.29. The van der Waals surface area contributed by atoms with E-state index in [1.165, 1.54) is 7.11 Å². The number of methoxy groups -OCH3 is 1. The number of rotatable bonds is 7. The Bertz CT molecular complexity index is 604. The largest absolute Gasteiger partial charge is 0.497 e. The first-order chi connectivity index (χ1) is 11.5. The van der Waals surface area contributed by atoms with E-state index < -0.39 is 17.4 Å². The molecule has 0 spiro atoms. The normalized spacial score (nSPS) is 16.2. The van der Waals surface area contributed by atoms with E-state index in [1.807, 2.05) is 0 Å². The zero-order chi connectivity index (χ0) is 17.6. The molecule has 1 aliphatic rings. The Balaban J connectivity index is 1.89. The van der Waals surface area contributed by atoms with Gasteiger partial charge in [-0.2, -0.15) is 0 Å². The van der Waals surface area contributed by atoms with Crippen molar-refractivity contribution in [2.75, 3.05) is 20.3 Å². The topological polar surface area (TPSA) is 102 Å². The summed E-state index contributed by atoms with van der Waals surface area (Å²) in [4.78, 5) is 35.6. The Morgan fingerprint density at radius 2 is 1.79 bits per heavy atom. The van der Waals surface area contributed by atoms with Crippen molar-refractivity contribution in [3.8, 4) is 5.75 Å². The van der Waals surface area contributed by atoms with E-state index in [-0.39, 0.29) is 44.7 Å². The summed E-state index contributed by atoms with van der Waals surface area (Å²) in [5.41, 5.74) is -0.805. The lowest BCUT2D eigenvalue weighted by Gasteiger charge is -2.33. The first-order valence-electron chi connectivity index (χ1n) is 7.76. The molecule has 2 N–H and O–H groups in total. The smallest absolute Gasteiger partial charge is 0.329 e. The summed E-state index contributed by atoms with van der Waals surface area (Å²) < 4.78 is 10.2. The molecule has 0 radical (unpaired) electrons. The zero-order valence-electron chi connectivity index (χ0n) is 13.5. The highest BCUT2D eigenvalue weighted by atomic mass is 16.5. The monoisotopic (exact) mass is 335 g/mol. The van der Waals surface area contributed by atoms with Gasteiger partial charge in [0, 0.05) is 44.5 Å². The Hall–Kier alpha value is -2.41. The van der Waals surface area contributed by atoms with Gasteiger partial charge in [-0.25, -0.2) is 4.79 Å². The summed E-state index contributed by atoms with van der Waals surface area (Å²) in [6, 6.07) is 6.62. The predicted molar refractivity (Wildman–Crippen MR) is 85.1 cm³/mol. The summed E-state index contributed by atoms with van der Waals surface area (Å²) >= 11 is 0. The van der Waals surface area contributed by atoms with Crippen LogP contribution in [-0.2, 0) is 14.3 Å². The molecule has 0 aromatic heterocycles. The third kappa shape index (κ3) is 4.32. The average molecular weight is 335 g/mol. The van der Waals surface area contributed by atoms with Crippen LogP contribution in [0.3, 0.4) is 0 Å². The zero-order valence-corrected chi connectivity index (χ0v) is 13.5. The van der Waals surface area contributed by atoms with Crippen LogP contribution in [0.1, 0.15) is 36.0 Å². The highest BCUT2D eigenvalue weighted by Gasteiger charge is 2.41. The van der Waals surface area contributed by atoms with Gasteiger partial charge in [0.1, 0.15) is 11.3 Å². The van der Waals surface area contributed by atoms with E-state index in [0.29, 0.717) is 11.3 Å². The van der Waals surface area contributed by atoms with E-state index in [9.17, 15) is 19.5 Å². The van der Waals surface area contributed by atoms with Crippen LogP contribution in [0.25, 0.3) is 0 Å². The lowest BCUT2D eigenvalue weighted by Crippen LogP contribution is -2.57. The number of benzene rings is 1. The molecule has 0 saturated carbocycles. The van der Waals surface area contributed by atoms with Crippen molar-refractivity contribution >= 4 is 17.7 Å². The van der Waals surface area contributed by atoms with Crippen molar-refractivity contribution in [2.45, 2.75) is 31.2 Å². The molecule has 1 amide bonds. The van der Waals surface area contributed by atoms with Gasteiger partial charge in [-0.1, -0.05) is 0 Å². The summed E-state index contributed by atoms with van der Waals surface area (Å²) in [5.74, 6) is -1.04. The molecule has 0 atom stereocenters. The number of amides is 1. The van der Waals surface area contributed by atoms with Crippen molar-refractivity contribution in [1.29, 1.82) is 0 Å². The number of hydrogen-bond acceptors (Lipinski definition) is 5. The molecule has 1 fully saturated rings. The van der Waals surface area contributed by atoms with E-state index in [0.717, 1.165) is 0 Å². The summed E-state index contributed by atoms with van der Waals surface area (Å²) in [6.07, 6.45) is 0.409. The summed E-state index contributed by atoms with van der Waals surface area (Å²) in [6.45, 7) is 0.578. The molecule has 1 heterocycles. The van der Waals surface area contributed by atoms with Crippen molar-refractivity contribution in [2.24, 2.45) is 0 Å². The lowest BCUT2D eigenvalue weighted by atomic mass is 9.90. The molecule has 0 bridgehead atoms. The van der Waals surface area contributed by atoms with Gasteiger partial charge in [-0.15, -0.1) is 0 Å². The highest BCUT2D eigenvalue weighted by Crippen LogP contribution is 2.21. The van der Waals surface area contributed by atoms with Crippen LogP contribution in [0.5, 0.6) is 5.75 Å². The highest BCUT2D eigenvalue weighted by molar-refractivity contribution is 5.98. The SMILES string of the molecule is COc1ccc(C(=O)CCC(=O)NC2(C(=O)O)CCOCC2)cc1. The molecule has 130 valence electrons. The van der Waals surface area contributed by atoms with Gasteiger partial charge in [0.25, 0.3) is 0 Å². The molecule has 7 heteroatoms. The second kappa shape index (κ2) is 7.92. The molecule has 24 heavy (non-hydrogen) atoms. The lowest BCUT2D eigenvalue weighted by molar-refractivity contribution is -0.152. The van der Waals surface area contributed by atoms with Gasteiger partial charge in [-0.3, -0.25) is 9.59 Å². The fourth-order valence-electron chi connectivity index (χ4n) is 2.59. The summed E-state index contributed by atoms with van der Waals surface area (Å²) in [7, 11) is 1.54. The number of carboxylic acid groups (broad SMARTS) is 1. The number of carbonyl (C=O) groups excluding carboxylic acids is 2. The Kier molecular flexibility index (Phi) is 5.92. The van der Waals surface area contributed by atoms with Crippen LogP contribution >= 0.6 is 0 Å². The first-order valence-corrected chi connectivity index (χ1v) is 7.76. The van der Waals surface area contributed by atoms with E-state index >= 15 is 0 Å². The third-order valence-electron chi connectivity index (χ3n) is 4.13. The summed E-state index contributed by atoms with van der Waals surface area (Å²) in [5, 5.41) is 12.0. The number of carbonyl (C=O) groups is 3. The van der Waals surface area contributed by atoms with Gasteiger partial charge in [0.15, 0.2) is 5.78 Å². The molecule has 0 unspecified atom stereocenters. The molecule has 2 rings (SSSR count). The minimum absolute atomic E-state index is 0.0182. The van der Waals surface area contributed by atoms with Crippen molar-refractivity contribution in [3.63, 3.8) is 0 Å².